The van der Waals surface area contributed by atoms with Gasteiger partial charge in [-0.25, -0.2) is 0 Å². The van der Waals surface area contributed by atoms with Crippen LogP contribution in [0.5, 0.6) is 0 Å². The Morgan fingerprint density at radius 3 is 2.62 bits per heavy atom. The zero-order chi connectivity index (χ0) is 21.2. The largest absolute Gasteiger partial charge is 0.394 e. The molecule has 2 rings (SSSR count). The van der Waals surface area contributed by atoms with Crippen molar-refractivity contribution in [2.75, 3.05) is 6.61 Å². The van der Waals surface area contributed by atoms with Gasteiger partial charge in [0.2, 0.25) is 0 Å². The number of unbranched alkanes of at least 4 members (excludes halogenated alkanes) is 1. The normalized spacial score (nSPS) is 27.2. The molecule has 1 heterocycles. The fourth-order valence-corrected chi connectivity index (χ4v) is 4.87. The van der Waals surface area contributed by atoms with Crippen LogP contribution in [0.3, 0.4) is 0 Å². The van der Waals surface area contributed by atoms with E-state index in [0.717, 1.165) is 28.5 Å². The fraction of sp³-hybridized carbons (Fsp3) is 0.636. The molecule has 1 aliphatic carbocycles. The molecule has 5 nitrogen and oxygen atoms in total. The summed E-state index contributed by atoms with van der Waals surface area (Å²) in [6.07, 6.45) is 9.66. The third-order valence-electron chi connectivity index (χ3n) is 5.48. The Balaban J connectivity index is 1.79. The van der Waals surface area contributed by atoms with Gasteiger partial charge in [0.1, 0.15) is 0 Å². The van der Waals surface area contributed by atoms with Crippen LogP contribution in [0.4, 0.5) is 0 Å². The van der Waals surface area contributed by atoms with Gasteiger partial charge in [0.05, 0.1) is 35.4 Å². The first-order chi connectivity index (χ1) is 13.9. The number of hydrogen-bond acceptors (Lipinski definition) is 6. The third-order valence-corrected chi connectivity index (χ3v) is 6.77. The summed E-state index contributed by atoms with van der Waals surface area (Å²) in [5.74, 6) is -0.263. The maximum absolute atomic E-state index is 10.3. The second kappa shape index (κ2) is 12.8. The summed E-state index contributed by atoms with van der Waals surface area (Å²) in [7, 11) is 0. The van der Waals surface area contributed by atoms with Crippen molar-refractivity contribution in [2.45, 2.75) is 69.4 Å². The highest BCUT2D eigenvalue weighted by Crippen LogP contribution is 2.36. The van der Waals surface area contributed by atoms with Crippen molar-refractivity contribution in [1.82, 2.24) is 0 Å². The first-order valence-electron chi connectivity index (χ1n) is 10.3. The minimum Gasteiger partial charge on any atom is -0.394 e. The summed E-state index contributed by atoms with van der Waals surface area (Å²) in [6.45, 7) is -0.212. The summed E-state index contributed by atoms with van der Waals surface area (Å²) < 4.78 is 0.744. The van der Waals surface area contributed by atoms with Crippen LogP contribution < -0.4 is 0 Å². The molecule has 0 amide bonds. The van der Waals surface area contributed by atoms with Crippen molar-refractivity contribution in [1.29, 1.82) is 0 Å². The number of aryl methyl sites for hydroxylation is 1. The van der Waals surface area contributed by atoms with E-state index in [9.17, 15) is 20.4 Å². The van der Waals surface area contributed by atoms with Crippen LogP contribution in [0.25, 0.3) is 0 Å². The van der Waals surface area contributed by atoms with Crippen LogP contribution in [-0.2, 0) is 6.42 Å². The molecule has 0 spiro atoms. The molecular weight excluding hydrogens is 412 g/mol. The average Bonchev–Trinajstić information content (AvgIpc) is 3.23. The topological polar surface area (TPSA) is 101 Å². The molecule has 1 aromatic heterocycles. The van der Waals surface area contributed by atoms with Gasteiger partial charge in [-0.1, -0.05) is 35.9 Å². The number of hydrogen-bond donors (Lipinski definition) is 5. The van der Waals surface area contributed by atoms with Crippen molar-refractivity contribution < 1.29 is 25.5 Å². The van der Waals surface area contributed by atoms with Gasteiger partial charge in [-0.15, -0.1) is 11.3 Å². The molecule has 29 heavy (non-hydrogen) atoms. The molecule has 0 saturated heterocycles. The van der Waals surface area contributed by atoms with Crippen LogP contribution >= 0.6 is 22.9 Å². The Kier molecular flexibility index (Phi) is 10.9. The van der Waals surface area contributed by atoms with Gasteiger partial charge in [0.25, 0.3) is 0 Å². The molecule has 7 heteroatoms. The van der Waals surface area contributed by atoms with Crippen LogP contribution in [0.1, 0.15) is 43.4 Å². The summed E-state index contributed by atoms with van der Waals surface area (Å²) in [5.41, 5.74) is 0. The van der Waals surface area contributed by atoms with Crippen molar-refractivity contribution in [3.8, 4) is 0 Å². The minimum atomic E-state index is -0.659. The van der Waals surface area contributed by atoms with E-state index in [0.29, 0.717) is 25.7 Å². The molecule has 164 valence electrons. The van der Waals surface area contributed by atoms with Crippen LogP contribution in [-0.4, -0.2) is 56.6 Å². The lowest BCUT2D eigenvalue weighted by Crippen LogP contribution is -2.20. The summed E-state index contributed by atoms with van der Waals surface area (Å²) in [4.78, 5) is 1.13. The van der Waals surface area contributed by atoms with Gasteiger partial charge < -0.3 is 25.5 Å². The number of thiophene rings is 1. The summed E-state index contributed by atoms with van der Waals surface area (Å²) in [6, 6.07) is 3.82. The third kappa shape index (κ3) is 8.50. The van der Waals surface area contributed by atoms with Crippen molar-refractivity contribution in [3.63, 3.8) is 0 Å². The van der Waals surface area contributed by atoms with E-state index in [-0.39, 0.29) is 18.4 Å². The zero-order valence-electron chi connectivity index (χ0n) is 16.6. The van der Waals surface area contributed by atoms with Gasteiger partial charge in [-0.3, -0.25) is 0 Å². The number of rotatable bonds is 12. The molecule has 0 bridgehead atoms. The lowest BCUT2D eigenvalue weighted by molar-refractivity contribution is 0.0868. The maximum Gasteiger partial charge on any atom is 0.0931 e. The monoisotopic (exact) mass is 444 g/mol. The van der Waals surface area contributed by atoms with Crippen LogP contribution in [0, 0.1) is 11.8 Å². The predicted octanol–water partition coefficient (Wildman–Crippen LogP) is 3.08. The molecule has 1 aliphatic rings. The van der Waals surface area contributed by atoms with E-state index in [1.807, 2.05) is 30.4 Å². The first kappa shape index (κ1) is 24.5. The molecule has 0 aliphatic heterocycles. The zero-order valence-corrected chi connectivity index (χ0v) is 18.2. The second-order valence-corrected chi connectivity index (χ2v) is 9.58. The predicted molar refractivity (Wildman–Crippen MR) is 117 cm³/mol. The van der Waals surface area contributed by atoms with Crippen molar-refractivity contribution in [3.05, 3.63) is 45.7 Å². The van der Waals surface area contributed by atoms with Crippen molar-refractivity contribution >= 4 is 22.9 Å². The Morgan fingerprint density at radius 1 is 1.14 bits per heavy atom. The van der Waals surface area contributed by atoms with E-state index >= 15 is 0 Å². The Morgan fingerprint density at radius 2 is 1.93 bits per heavy atom. The Labute approximate surface area is 182 Å². The molecule has 0 radical (unpaired) electrons. The molecule has 2 unspecified atom stereocenters. The highest BCUT2D eigenvalue weighted by Gasteiger charge is 2.39. The molecule has 1 saturated carbocycles. The van der Waals surface area contributed by atoms with Gasteiger partial charge in [-0.05, 0) is 56.6 Å². The van der Waals surface area contributed by atoms with Gasteiger partial charge in [-0.2, -0.15) is 0 Å². The summed E-state index contributed by atoms with van der Waals surface area (Å²) in [5, 5.41) is 49.0. The van der Waals surface area contributed by atoms with Gasteiger partial charge >= 0.3 is 0 Å². The highest BCUT2D eigenvalue weighted by molar-refractivity contribution is 7.16. The van der Waals surface area contributed by atoms with Crippen LogP contribution in [0.15, 0.2) is 36.4 Å². The lowest BCUT2D eigenvalue weighted by atomic mass is 9.89. The quantitative estimate of drug-likeness (QED) is 0.252. The maximum atomic E-state index is 10.3. The number of aliphatic hydroxyl groups is 5. The second-order valence-electron chi connectivity index (χ2n) is 7.78. The first-order valence-corrected chi connectivity index (χ1v) is 11.5. The molecule has 0 aromatic carbocycles. The van der Waals surface area contributed by atoms with E-state index < -0.39 is 24.4 Å². The van der Waals surface area contributed by atoms with Crippen LogP contribution in [0.2, 0.25) is 4.34 Å². The van der Waals surface area contributed by atoms with Gasteiger partial charge in [0, 0.05) is 17.2 Å². The molecular formula is C22H33ClO5S. The number of aliphatic hydroxyl groups excluding tert-OH is 5. The van der Waals surface area contributed by atoms with E-state index in [1.54, 1.807) is 6.08 Å². The molecule has 1 aromatic rings. The average molecular weight is 445 g/mol. The van der Waals surface area contributed by atoms with E-state index in [4.69, 9.17) is 16.7 Å². The van der Waals surface area contributed by atoms with E-state index in [2.05, 4.69) is 0 Å². The Bertz CT molecular complexity index is 647. The van der Waals surface area contributed by atoms with Crippen molar-refractivity contribution in [2.24, 2.45) is 11.8 Å². The van der Waals surface area contributed by atoms with Gasteiger partial charge in [0.15, 0.2) is 0 Å². The number of halogens is 1. The lowest BCUT2D eigenvalue weighted by Gasteiger charge is -2.19. The smallest absolute Gasteiger partial charge is 0.0931 e. The highest BCUT2D eigenvalue weighted by atomic mass is 35.5. The molecule has 6 atom stereocenters. The molecule has 5 N–H and O–H groups in total. The standard InChI is InChI=1S/C22H33ClO5S/c23-22-12-10-17(29-22)9-7-15(25)8-11-19-18(20(27)13-21(19)28)6-4-2-1-3-5-16(26)14-24/h2,4,8,10-12,15-16,18-21,24-28H,1,3,5-7,9,13-14H2/t15?,16?,18-,19-,20+,21-/m1/s1. The molecule has 1 fully saturated rings. The SMILES string of the molecule is OCC(O)CCCC=CC[C@@H]1[C@@H](C=CC(O)CCc2ccc(Cl)s2)[C@H](O)C[C@@H]1O. The minimum absolute atomic E-state index is 0.0798. The van der Waals surface area contributed by atoms with E-state index in [1.165, 1.54) is 11.3 Å². The number of allylic oxidation sites excluding steroid dienone is 2. The Hall–Kier alpha value is -0.730. The summed E-state index contributed by atoms with van der Waals surface area (Å²) >= 11 is 7.44. The fourth-order valence-electron chi connectivity index (χ4n) is 3.77.